The van der Waals surface area contributed by atoms with E-state index < -0.39 is 23.0 Å². The van der Waals surface area contributed by atoms with Crippen molar-refractivity contribution in [1.82, 2.24) is 19.8 Å². The molecular weight excluding hydrogens is 302 g/mol. The highest BCUT2D eigenvalue weighted by atomic mass is 32.2. The molecule has 6 nitrogen and oxygen atoms in total. The summed E-state index contributed by atoms with van der Waals surface area (Å²) in [5, 5.41) is 7.35. The van der Waals surface area contributed by atoms with Crippen LogP contribution < -0.4 is 10.0 Å². The summed E-state index contributed by atoms with van der Waals surface area (Å²) in [6.07, 6.45) is -1.92. The maximum absolute atomic E-state index is 12.2. The molecule has 1 aromatic rings. The van der Waals surface area contributed by atoms with Gasteiger partial charge in [0.2, 0.25) is 10.0 Å². The molecule has 0 aliphatic carbocycles. The zero-order chi connectivity index (χ0) is 16.0. The van der Waals surface area contributed by atoms with Gasteiger partial charge in [-0.15, -0.1) is 0 Å². The van der Waals surface area contributed by atoms with Gasteiger partial charge in [-0.2, -0.15) is 5.10 Å². The van der Waals surface area contributed by atoms with E-state index in [0.29, 0.717) is 17.9 Å². The molecule has 0 aliphatic rings. The van der Waals surface area contributed by atoms with Gasteiger partial charge in [-0.3, -0.25) is 4.68 Å². The van der Waals surface area contributed by atoms with Crippen LogP contribution in [0.2, 0.25) is 0 Å². The van der Waals surface area contributed by atoms with Crippen LogP contribution in [0.4, 0.5) is 8.78 Å². The number of rotatable bonds is 9. The zero-order valence-corrected chi connectivity index (χ0v) is 13.3. The fourth-order valence-electron chi connectivity index (χ4n) is 2.06. The number of sulfonamides is 1. The molecule has 0 fully saturated rings. The van der Waals surface area contributed by atoms with Crippen molar-refractivity contribution in [3.05, 3.63) is 11.4 Å². The van der Waals surface area contributed by atoms with E-state index in [9.17, 15) is 17.2 Å². The van der Waals surface area contributed by atoms with E-state index in [0.717, 1.165) is 19.5 Å². The Morgan fingerprint density at radius 3 is 2.57 bits per heavy atom. The van der Waals surface area contributed by atoms with E-state index in [1.807, 2.05) is 11.6 Å². The van der Waals surface area contributed by atoms with Crippen LogP contribution in [0.5, 0.6) is 0 Å². The van der Waals surface area contributed by atoms with Crippen LogP contribution in [0.25, 0.3) is 0 Å². The van der Waals surface area contributed by atoms with Crippen LogP contribution in [0.15, 0.2) is 4.90 Å². The second-order valence-electron chi connectivity index (χ2n) is 4.67. The van der Waals surface area contributed by atoms with Gasteiger partial charge in [0.25, 0.3) is 6.43 Å². The summed E-state index contributed by atoms with van der Waals surface area (Å²) in [6.45, 7) is 6.54. The highest BCUT2D eigenvalue weighted by Gasteiger charge is 2.25. The normalized spacial score (nSPS) is 12.3. The van der Waals surface area contributed by atoms with Crippen LogP contribution in [0.3, 0.4) is 0 Å². The molecule has 1 rings (SSSR count). The Bertz CT molecular complexity index is 558. The number of nitrogens with zero attached hydrogens (tertiary/aromatic N) is 2. The molecule has 0 saturated heterocycles. The Balaban J connectivity index is 2.86. The Morgan fingerprint density at radius 1 is 1.33 bits per heavy atom. The number of alkyl halides is 2. The van der Waals surface area contributed by atoms with Crippen molar-refractivity contribution < 1.29 is 17.2 Å². The molecule has 0 atom stereocenters. The van der Waals surface area contributed by atoms with Crippen molar-refractivity contribution in [2.24, 2.45) is 0 Å². The second-order valence-corrected chi connectivity index (χ2v) is 6.38. The van der Waals surface area contributed by atoms with Crippen molar-refractivity contribution in [2.45, 2.75) is 45.1 Å². The summed E-state index contributed by atoms with van der Waals surface area (Å²) >= 11 is 0. The van der Waals surface area contributed by atoms with Crippen molar-refractivity contribution >= 4 is 10.0 Å². The van der Waals surface area contributed by atoms with E-state index in [-0.39, 0.29) is 4.90 Å². The minimum atomic E-state index is -3.96. The molecule has 0 aromatic carbocycles. The first-order valence-electron chi connectivity index (χ1n) is 6.82. The van der Waals surface area contributed by atoms with Crippen LogP contribution >= 0.6 is 0 Å². The highest BCUT2D eigenvalue weighted by Crippen LogP contribution is 2.19. The molecule has 122 valence electrons. The molecule has 1 aromatic heterocycles. The van der Waals surface area contributed by atoms with E-state index >= 15 is 0 Å². The van der Waals surface area contributed by atoms with Gasteiger partial charge in [0.05, 0.1) is 17.9 Å². The predicted molar refractivity (Wildman–Crippen MR) is 76.1 cm³/mol. The number of hydrogen-bond acceptors (Lipinski definition) is 4. The standard InChI is InChI=1S/C12H22F2N4O2S/c1-4-15-6-5-7-18-10(3)12(9(2)17-18)21(19,20)16-8-11(13)14/h11,15-16H,4-8H2,1-3H3. The van der Waals surface area contributed by atoms with Gasteiger partial charge in [-0.25, -0.2) is 21.9 Å². The number of aryl methyl sites for hydroxylation is 2. The molecule has 0 unspecified atom stereocenters. The van der Waals surface area contributed by atoms with E-state index in [4.69, 9.17) is 0 Å². The monoisotopic (exact) mass is 324 g/mol. The van der Waals surface area contributed by atoms with Crippen molar-refractivity contribution in [3.63, 3.8) is 0 Å². The highest BCUT2D eigenvalue weighted by molar-refractivity contribution is 7.89. The topological polar surface area (TPSA) is 76.0 Å². The number of hydrogen-bond donors (Lipinski definition) is 2. The van der Waals surface area contributed by atoms with Crippen LogP contribution in [-0.2, 0) is 16.6 Å². The maximum Gasteiger partial charge on any atom is 0.251 e. The van der Waals surface area contributed by atoms with E-state index in [2.05, 4.69) is 10.4 Å². The lowest BCUT2D eigenvalue weighted by Gasteiger charge is -2.08. The van der Waals surface area contributed by atoms with E-state index in [1.165, 1.54) is 0 Å². The molecular formula is C12H22F2N4O2S. The first-order chi connectivity index (χ1) is 9.79. The lowest BCUT2D eigenvalue weighted by Crippen LogP contribution is -2.29. The third-order valence-corrected chi connectivity index (χ3v) is 4.66. The van der Waals surface area contributed by atoms with E-state index in [1.54, 1.807) is 18.5 Å². The third kappa shape index (κ3) is 5.01. The lowest BCUT2D eigenvalue weighted by atomic mass is 10.4. The summed E-state index contributed by atoms with van der Waals surface area (Å²) in [5.41, 5.74) is 0.781. The Hall–Kier alpha value is -1.06. The Labute approximate surface area is 124 Å². The van der Waals surface area contributed by atoms with Gasteiger partial charge in [0, 0.05) is 6.54 Å². The molecule has 0 radical (unpaired) electrons. The smallest absolute Gasteiger partial charge is 0.251 e. The van der Waals surface area contributed by atoms with Crippen molar-refractivity contribution in [2.75, 3.05) is 19.6 Å². The number of halogens is 2. The SMILES string of the molecule is CCNCCCn1nc(C)c(S(=O)(=O)NCC(F)F)c1C. The molecule has 1 heterocycles. The minimum absolute atomic E-state index is 0.00778. The second kappa shape index (κ2) is 7.81. The van der Waals surface area contributed by atoms with Gasteiger partial charge in [0.15, 0.2) is 0 Å². The predicted octanol–water partition coefficient (Wildman–Crippen LogP) is 1.04. The van der Waals surface area contributed by atoms with Crippen LogP contribution in [0, 0.1) is 13.8 Å². The van der Waals surface area contributed by atoms with Crippen molar-refractivity contribution in [1.29, 1.82) is 0 Å². The Kier molecular flexibility index (Phi) is 6.69. The van der Waals surface area contributed by atoms with Gasteiger partial charge in [0.1, 0.15) is 4.90 Å². The minimum Gasteiger partial charge on any atom is -0.317 e. The fourth-order valence-corrected chi connectivity index (χ4v) is 3.48. The molecule has 21 heavy (non-hydrogen) atoms. The summed E-state index contributed by atoms with van der Waals surface area (Å²) in [6, 6.07) is 0. The molecule has 0 amide bonds. The maximum atomic E-state index is 12.2. The largest absolute Gasteiger partial charge is 0.317 e. The third-order valence-electron chi connectivity index (χ3n) is 2.98. The number of aromatic nitrogens is 2. The summed E-state index contributed by atoms with van der Waals surface area (Å²) in [5.74, 6) is 0. The average Bonchev–Trinajstić information content (AvgIpc) is 2.68. The first-order valence-corrected chi connectivity index (χ1v) is 8.30. The first kappa shape index (κ1) is 18.0. The molecule has 0 saturated carbocycles. The molecule has 2 N–H and O–H groups in total. The van der Waals surface area contributed by atoms with Gasteiger partial charge >= 0.3 is 0 Å². The molecule has 0 aliphatic heterocycles. The quantitative estimate of drug-likeness (QED) is 0.666. The summed E-state index contributed by atoms with van der Waals surface area (Å²) < 4.78 is 52.0. The average molecular weight is 324 g/mol. The van der Waals surface area contributed by atoms with Crippen molar-refractivity contribution in [3.8, 4) is 0 Å². The Morgan fingerprint density at radius 2 is 2.00 bits per heavy atom. The van der Waals surface area contributed by atoms with Crippen LogP contribution in [-0.4, -0.2) is 44.3 Å². The molecule has 0 bridgehead atoms. The summed E-state index contributed by atoms with van der Waals surface area (Å²) in [7, 11) is -3.96. The van der Waals surface area contributed by atoms with Gasteiger partial charge < -0.3 is 5.32 Å². The van der Waals surface area contributed by atoms with Crippen LogP contribution in [0.1, 0.15) is 24.7 Å². The van der Waals surface area contributed by atoms with Gasteiger partial charge in [-0.05, 0) is 33.4 Å². The molecule has 9 heteroatoms. The lowest BCUT2D eigenvalue weighted by molar-refractivity contribution is 0.153. The fraction of sp³-hybridized carbons (Fsp3) is 0.750. The summed E-state index contributed by atoms with van der Waals surface area (Å²) in [4.78, 5) is -0.00778. The number of nitrogens with one attached hydrogen (secondary N) is 2. The zero-order valence-electron chi connectivity index (χ0n) is 12.5. The van der Waals surface area contributed by atoms with Gasteiger partial charge in [-0.1, -0.05) is 6.92 Å². The molecule has 0 spiro atoms.